The number of amides is 3. The molecule has 2 aliphatic rings. The van der Waals surface area contributed by atoms with Gasteiger partial charge in [0.25, 0.3) is 11.8 Å². The van der Waals surface area contributed by atoms with Crippen LogP contribution in [0.5, 0.6) is 0 Å². The third-order valence-electron chi connectivity index (χ3n) is 5.60. The van der Waals surface area contributed by atoms with Crippen LogP contribution in [0.3, 0.4) is 0 Å². The smallest absolute Gasteiger partial charge is 0.262 e. The normalized spacial score (nSPS) is 21.8. The molecule has 32 heavy (non-hydrogen) atoms. The number of nitrogens with zero attached hydrogens (tertiary/aromatic N) is 3. The van der Waals surface area contributed by atoms with Gasteiger partial charge in [-0.15, -0.1) is 0 Å². The van der Waals surface area contributed by atoms with Crippen LogP contribution < -0.4 is 5.32 Å². The van der Waals surface area contributed by atoms with Crippen molar-refractivity contribution in [1.82, 2.24) is 9.80 Å². The summed E-state index contributed by atoms with van der Waals surface area (Å²) in [5.41, 5.74) is 0.793. The van der Waals surface area contributed by atoms with Crippen molar-refractivity contribution in [3.05, 3.63) is 29.8 Å². The molecule has 2 aliphatic heterocycles. The first-order valence-electron chi connectivity index (χ1n) is 10.5. The quantitative estimate of drug-likeness (QED) is 0.630. The van der Waals surface area contributed by atoms with Crippen LogP contribution in [0, 0.1) is 0 Å². The van der Waals surface area contributed by atoms with Crippen LogP contribution in [0.15, 0.2) is 29.3 Å². The Kier molecular flexibility index (Phi) is 7.60. The Labute approximate surface area is 192 Å². The summed E-state index contributed by atoms with van der Waals surface area (Å²) in [4.78, 5) is 45.0. The molecule has 9 nitrogen and oxygen atoms in total. The zero-order valence-corrected chi connectivity index (χ0v) is 20.0. The summed E-state index contributed by atoms with van der Waals surface area (Å²) in [7, 11) is -1.51. The average molecular weight is 481 g/mol. The van der Waals surface area contributed by atoms with Crippen molar-refractivity contribution < 1.29 is 22.8 Å². The molecule has 1 saturated heterocycles. The van der Waals surface area contributed by atoms with E-state index >= 15 is 0 Å². The zero-order chi connectivity index (χ0) is 23.5. The van der Waals surface area contributed by atoms with E-state index in [4.69, 9.17) is 0 Å². The number of anilines is 1. The van der Waals surface area contributed by atoms with Crippen LogP contribution in [0.4, 0.5) is 5.69 Å². The lowest BCUT2D eigenvalue weighted by Gasteiger charge is -2.23. The van der Waals surface area contributed by atoms with E-state index in [2.05, 4.69) is 10.3 Å². The number of rotatable bonds is 7. The fourth-order valence-corrected chi connectivity index (χ4v) is 6.67. The van der Waals surface area contributed by atoms with Gasteiger partial charge in [-0.2, -0.15) is 4.99 Å². The van der Waals surface area contributed by atoms with Gasteiger partial charge in [-0.1, -0.05) is 17.8 Å². The highest BCUT2D eigenvalue weighted by Gasteiger charge is 2.34. The summed E-state index contributed by atoms with van der Waals surface area (Å²) in [6.07, 6.45) is 0.404. The van der Waals surface area contributed by atoms with Crippen molar-refractivity contribution in [2.45, 2.75) is 38.0 Å². The average Bonchev–Trinajstić information content (AvgIpc) is 3.29. The molecule has 0 bridgehead atoms. The molecular formula is C21H28N4O5S2. The summed E-state index contributed by atoms with van der Waals surface area (Å²) in [5.74, 6) is -0.906. The maximum absolute atomic E-state index is 12.8. The van der Waals surface area contributed by atoms with E-state index in [0.29, 0.717) is 22.8 Å². The molecule has 2 atom stereocenters. The van der Waals surface area contributed by atoms with Gasteiger partial charge in [-0.05, 0) is 38.5 Å². The zero-order valence-electron chi connectivity index (χ0n) is 18.4. The minimum atomic E-state index is -3.10. The highest BCUT2D eigenvalue weighted by Crippen LogP contribution is 2.27. The first-order chi connectivity index (χ1) is 15.1. The highest BCUT2D eigenvalue weighted by molar-refractivity contribution is 8.15. The third kappa shape index (κ3) is 5.69. The lowest BCUT2D eigenvalue weighted by molar-refractivity contribution is -0.121. The van der Waals surface area contributed by atoms with E-state index in [1.807, 2.05) is 18.7 Å². The maximum atomic E-state index is 12.8. The fraction of sp³-hybridized carbons (Fsp3) is 0.524. The Morgan fingerprint density at radius 3 is 2.59 bits per heavy atom. The van der Waals surface area contributed by atoms with Gasteiger partial charge in [0.2, 0.25) is 5.91 Å². The van der Waals surface area contributed by atoms with Gasteiger partial charge in [0, 0.05) is 43.9 Å². The summed E-state index contributed by atoms with van der Waals surface area (Å²) in [5, 5.41) is 2.82. The van der Waals surface area contributed by atoms with Crippen LogP contribution in [-0.4, -0.2) is 84.0 Å². The molecule has 3 rings (SSSR count). The monoisotopic (exact) mass is 480 g/mol. The van der Waals surface area contributed by atoms with Crippen molar-refractivity contribution in [2.24, 2.45) is 4.99 Å². The van der Waals surface area contributed by atoms with Crippen LogP contribution in [0.25, 0.3) is 0 Å². The molecule has 0 saturated carbocycles. The van der Waals surface area contributed by atoms with E-state index in [1.54, 1.807) is 31.3 Å². The lowest BCUT2D eigenvalue weighted by Crippen LogP contribution is -2.37. The molecule has 1 fully saturated rings. The summed E-state index contributed by atoms with van der Waals surface area (Å²) in [6, 6.07) is 6.14. The predicted octanol–water partition coefficient (Wildman–Crippen LogP) is 1.61. The Hall–Kier alpha value is -2.40. The van der Waals surface area contributed by atoms with Crippen LogP contribution in [0.1, 0.15) is 37.0 Å². The molecule has 2 unspecified atom stereocenters. The van der Waals surface area contributed by atoms with E-state index < -0.39 is 15.1 Å². The number of aliphatic imine (C=N–C) groups is 1. The molecule has 1 aromatic carbocycles. The van der Waals surface area contributed by atoms with E-state index in [0.717, 1.165) is 13.1 Å². The predicted molar refractivity (Wildman–Crippen MR) is 126 cm³/mol. The molecule has 1 N–H and O–H groups in total. The number of hydrogen-bond acceptors (Lipinski definition) is 7. The summed E-state index contributed by atoms with van der Waals surface area (Å²) < 4.78 is 23.4. The Balaban J connectivity index is 1.59. The summed E-state index contributed by atoms with van der Waals surface area (Å²) in [6.45, 7) is 5.43. The van der Waals surface area contributed by atoms with Gasteiger partial charge in [-0.3, -0.25) is 14.4 Å². The van der Waals surface area contributed by atoms with Gasteiger partial charge in [0.15, 0.2) is 15.0 Å². The van der Waals surface area contributed by atoms with Crippen LogP contribution in [0.2, 0.25) is 0 Å². The van der Waals surface area contributed by atoms with E-state index in [-0.39, 0.29) is 41.7 Å². The van der Waals surface area contributed by atoms with Gasteiger partial charge < -0.3 is 15.1 Å². The third-order valence-corrected chi connectivity index (χ3v) is 8.57. The number of sulfone groups is 1. The van der Waals surface area contributed by atoms with Gasteiger partial charge in [-0.25, -0.2) is 8.42 Å². The van der Waals surface area contributed by atoms with Crippen molar-refractivity contribution in [1.29, 1.82) is 0 Å². The number of thioether (sulfide) groups is 1. The van der Waals surface area contributed by atoms with Crippen LogP contribution >= 0.6 is 11.8 Å². The Morgan fingerprint density at radius 2 is 1.97 bits per heavy atom. The molecule has 0 spiro atoms. The molecule has 0 aromatic heterocycles. The second kappa shape index (κ2) is 10.0. The first-order valence-corrected chi connectivity index (χ1v) is 13.2. The number of carbonyl (C=O) groups is 3. The molecule has 3 amide bonds. The second-order valence-corrected chi connectivity index (χ2v) is 11.2. The minimum Gasteiger partial charge on any atom is -0.352 e. The number of benzene rings is 1. The molecule has 11 heteroatoms. The topological polar surface area (TPSA) is 116 Å². The Morgan fingerprint density at radius 1 is 1.25 bits per heavy atom. The van der Waals surface area contributed by atoms with Crippen LogP contribution in [-0.2, 0) is 19.4 Å². The number of hydrogen-bond donors (Lipinski definition) is 1. The molecule has 0 radical (unpaired) electrons. The van der Waals surface area contributed by atoms with Gasteiger partial charge in [0.05, 0.1) is 11.5 Å². The van der Waals surface area contributed by atoms with Gasteiger partial charge >= 0.3 is 0 Å². The second-order valence-electron chi connectivity index (χ2n) is 7.82. The van der Waals surface area contributed by atoms with Crippen molar-refractivity contribution in [2.75, 3.05) is 37.0 Å². The number of amidine groups is 1. The number of nitrogens with one attached hydrogen (secondary N) is 1. The minimum absolute atomic E-state index is 0.0181. The fourth-order valence-electron chi connectivity index (χ4n) is 3.70. The van der Waals surface area contributed by atoms with Crippen molar-refractivity contribution >= 4 is 50.2 Å². The largest absolute Gasteiger partial charge is 0.352 e. The highest BCUT2D eigenvalue weighted by atomic mass is 32.2. The van der Waals surface area contributed by atoms with Gasteiger partial charge in [0.1, 0.15) is 5.25 Å². The van der Waals surface area contributed by atoms with Crippen molar-refractivity contribution in [3.8, 4) is 0 Å². The molecule has 174 valence electrons. The summed E-state index contributed by atoms with van der Waals surface area (Å²) >= 11 is 1.30. The number of carbonyl (C=O) groups excluding carboxylic acids is 3. The molecule has 1 aromatic rings. The SMILES string of the molecule is CCN(CC)C1=NC(=O)C(CC(=O)Nc2cccc(C(=O)N(C)C3CCS(=O)(=O)C3)c2)S1. The Bertz CT molecular complexity index is 1040. The lowest BCUT2D eigenvalue weighted by atomic mass is 10.1. The van der Waals surface area contributed by atoms with E-state index in [1.165, 1.54) is 16.7 Å². The maximum Gasteiger partial charge on any atom is 0.262 e. The van der Waals surface area contributed by atoms with E-state index in [9.17, 15) is 22.8 Å². The molecule has 2 heterocycles. The molecule has 0 aliphatic carbocycles. The first kappa shape index (κ1) is 24.2. The molecular weight excluding hydrogens is 452 g/mol. The van der Waals surface area contributed by atoms with Crippen molar-refractivity contribution in [3.63, 3.8) is 0 Å². The standard InChI is InChI=1S/C21H28N4O5S2/c1-4-25(5-2)21-23-19(27)17(31-21)12-18(26)22-15-8-6-7-14(11-15)20(28)24(3)16-9-10-32(29,30)13-16/h6-8,11,16-17H,4-5,9-10,12-13H2,1-3H3,(H,22,26).